The van der Waals surface area contributed by atoms with Crippen LogP contribution in [0.2, 0.25) is 0 Å². The molecule has 1 amide bonds. The molecule has 3 heterocycles. The standard InChI is InChI=1S/C60H100N2O22/c1-40-18-16-14-12-10-8-6-7-9-11-13-15-17-19-47(83-59-57(72)54(61)56(71)43(4)82-59)37-51-53(58(73)62-22-23-76-26-27-78-30-31-80-33-32-79-29-28-77-25-24-75-5)50(68)39-60(74,84-51)38-46(65)34-44(63)20-21-48(66)49(67)35-45(64)36-52(69)81-42(3)41(2)55(40)70/h6-19,40-51,53-57,59,63-68,70-72,74H,20-39,61H2,1-5H3,(H,62,73)/t40-,41+,42-,43?,44-,45+,46-,47-,48-,49-,50-,51-,53+,54?,55+,56?,57?,59?,60+/m0/s1. The second kappa shape index (κ2) is 42.2. The minimum Gasteiger partial charge on any atom is -0.462 e. The van der Waals surface area contributed by atoms with Crippen molar-refractivity contribution < 1.29 is 108 Å². The predicted octanol–water partition coefficient (Wildman–Crippen LogP) is 0.473. The maximum absolute atomic E-state index is 14.1. The van der Waals surface area contributed by atoms with Gasteiger partial charge in [0.2, 0.25) is 5.91 Å². The van der Waals surface area contributed by atoms with E-state index in [2.05, 4.69) is 5.32 Å². The van der Waals surface area contributed by atoms with Gasteiger partial charge < -0.3 is 109 Å². The summed E-state index contributed by atoms with van der Waals surface area (Å²) in [4.78, 5) is 26.8. The smallest absolute Gasteiger partial charge is 0.308 e. The maximum Gasteiger partial charge on any atom is 0.308 e. The van der Waals surface area contributed by atoms with E-state index >= 15 is 0 Å². The summed E-state index contributed by atoms with van der Waals surface area (Å²) in [5, 5.41) is 113. The quantitative estimate of drug-likeness (QED) is 0.0549. The minimum atomic E-state index is -2.28. The Labute approximate surface area is 495 Å². The number of cyclic esters (lactones) is 1. The van der Waals surface area contributed by atoms with Gasteiger partial charge in [0, 0.05) is 51.2 Å². The molecule has 0 radical (unpaired) electrons. The Kier molecular flexibility index (Phi) is 37.5. The Hall–Kier alpha value is -3.68. The van der Waals surface area contributed by atoms with E-state index in [0.29, 0.717) is 52.9 Å². The number of ether oxygens (including phenoxy) is 10. The van der Waals surface area contributed by atoms with Crippen LogP contribution in [0, 0.1) is 17.8 Å². The number of carbonyl (C=O) groups is 2. The highest BCUT2D eigenvalue weighted by Gasteiger charge is 2.51. The van der Waals surface area contributed by atoms with Crippen molar-refractivity contribution in [2.45, 2.75) is 177 Å². The normalized spacial score (nSPS) is 35.2. The van der Waals surface area contributed by atoms with Crippen molar-refractivity contribution in [1.82, 2.24) is 5.32 Å². The lowest BCUT2D eigenvalue weighted by atomic mass is 9.82. The van der Waals surface area contributed by atoms with Gasteiger partial charge in [-0.2, -0.15) is 0 Å². The first-order valence-corrected chi connectivity index (χ1v) is 29.3. The Balaban J connectivity index is 1.79. The number of hydrogen-bond donors (Lipinski definition) is 12. The summed E-state index contributed by atoms with van der Waals surface area (Å²) in [6.45, 7) is 10.7. The average Bonchev–Trinajstić information content (AvgIpc) is 1.77. The zero-order valence-corrected chi connectivity index (χ0v) is 49.6. The third-order valence-corrected chi connectivity index (χ3v) is 14.5. The molecule has 2 fully saturated rings. The van der Waals surface area contributed by atoms with E-state index in [0.717, 1.165) is 0 Å². The van der Waals surface area contributed by atoms with Crippen molar-refractivity contribution in [1.29, 1.82) is 0 Å². The van der Waals surface area contributed by atoms with Gasteiger partial charge in [0.15, 0.2) is 12.1 Å². The summed E-state index contributed by atoms with van der Waals surface area (Å²) in [5.41, 5.74) is 6.15. The number of methoxy groups -OCH3 is 1. The Morgan fingerprint density at radius 3 is 1.68 bits per heavy atom. The molecular formula is C60H100N2O22. The number of fused-ring (bicyclic) bond motifs is 2. The lowest BCUT2D eigenvalue weighted by molar-refractivity contribution is -0.307. The van der Waals surface area contributed by atoms with Crippen molar-refractivity contribution in [2.75, 3.05) is 86.3 Å². The molecule has 0 aliphatic carbocycles. The lowest BCUT2D eigenvalue weighted by Gasteiger charge is -2.46. The van der Waals surface area contributed by atoms with Crippen LogP contribution in [0.5, 0.6) is 0 Å². The second-order valence-corrected chi connectivity index (χ2v) is 21.6. The predicted molar refractivity (Wildman–Crippen MR) is 308 cm³/mol. The maximum atomic E-state index is 14.1. The van der Waals surface area contributed by atoms with Gasteiger partial charge in [0.05, 0.1) is 158 Å². The van der Waals surface area contributed by atoms with Crippen molar-refractivity contribution in [2.24, 2.45) is 23.5 Å². The number of esters is 1. The Morgan fingerprint density at radius 2 is 1.12 bits per heavy atom. The number of carbonyl (C=O) groups excluding carboxylic acids is 2. The van der Waals surface area contributed by atoms with E-state index in [1.54, 1.807) is 82.6 Å². The molecule has 0 spiro atoms. The molecule has 13 N–H and O–H groups in total. The molecular weight excluding hydrogens is 1100 g/mol. The topological polar surface area (TPSA) is 367 Å². The van der Waals surface area contributed by atoms with Crippen LogP contribution in [0.3, 0.4) is 0 Å². The highest BCUT2D eigenvalue weighted by atomic mass is 16.7. The summed E-state index contributed by atoms with van der Waals surface area (Å²) in [6, 6.07) is -1.15. The monoisotopic (exact) mass is 1200 g/mol. The third kappa shape index (κ3) is 29.8. The zero-order chi connectivity index (χ0) is 61.9. The van der Waals surface area contributed by atoms with E-state index < -0.39 is 147 Å². The van der Waals surface area contributed by atoms with Gasteiger partial charge in [0.1, 0.15) is 12.2 Å². The lowest BCUT2D eigenvalue weighted by Crippen LogP contribution is -2.62. The molecule has 3 rings (SSSR count). The van der Waals surface area contributed by atoms with E-state index in [1.165, 1.54) is 0 Å². The molecule has 3 aliphatic rings. The van der Waals surface area contributed by atoms with Crippen LogP contribution in [0.4, 0.5) is 0 Å². The van der Waals surface area contributed by atoms with Crippen molar-refractivity contribution in [3.8, 4) is 0 Å². The summed E-state index contributed by atoms with van der Waals surface area (Å²) < 4.78 is 56.3. The zero-order valence-electron chi connectivity index (χ0n) is 49.6. The van der Waals surface area contributed by atoms with Crippen LogP contribution in [-0.2, 0) is 57.0 Å². The van der Waals surface area contributed by atoms with Crippen LogP contribution in [0.1, 0.15) is 79.1 Å². The molecule has 19 atom stereocenters. The first kappa shape index (κ1) is 74.6. The van der Waals surface area contributed by atoms with Gasteiger partial charge in [-0.15, -0.1) is 0 Å². The molecule has 2 bridgehead atoms. The molecule has 3 aliphatic heterocycles. The van der Waals surface area contributed by atoms with Crippen LogP contribution < -0.4 is 11.1 Å². The fraction of sp³-hybridized carbons (Fsp3) is 0.733. The molecule has 482 valence electrons. The fourth-order valence-corrected chi connectivity index (χ4v) is 9.48. The molecule has 0 aromatic carbocycles. The van der Waals surface area contributed by atoms with Gasteiger partial charge in [-0.05, 0) is 33.1 Å². The molecule has 5 unspecified atom stereocenters. The van der Waals surface area contributed by atoms with E-state index in [4.69, 9.17) is 53.1 Å². The SMILES string of the molecule is COCCOCCOCCOCCOCCOCCNC(=O)[C@H]1[C@@H]2C[C@@H](OC3OC(C)C(O)C(N)C3O)C=CC=CC=CC=CC=CC=CC=C[C@H](C)[C@@H](O)[C@H](C)[C@H](C)OC(=O)C[C@H](O)C[C@H](O)[C@@H](O)CC[C@H](O)C[C@H](O)C[C@](O)(C[C@@H]1O)O2. The fourth-order valence-electron chi connectivity index (χ4n) is 9.48. The van der Waals surface area contributed by atoms with Crippen molar-refractivity contribution in [3.63, 3.8) is 0 Å². The van der Waals surface area contributed by atoms with Gasteiger partial charge in [-0.25, -0.2) is 0 Å². The van der Waals surface area contributed by atoms with Crippen molar-refractivity contribution in [3.05, 3.63) is 85.1 Å². The van der Waals surface area contributed by atoms with Gasteiger partial charge in [-0.3, -0.25) is 9.59 Å². The minimum absolute atomic E-state index is 0.0141. The highest BCUT2D eigenvalue weighted by Crippen LogP contribution is 2.38. The summed E-state index contributed by atoms with van der Waals surface area (Å²) >= 11 is 0. The molecule has 2 saturated heterocycles. The molecule has 0 aromatic heterocycles. The van der Waals surface area contributed by atoms with Crippen molar-refractivity contribution >= 4 is 11.9 Å². The first-order valence-electron chi connectivity index (χ1n) is 29.3. The van der Waals surface area contributed by atoms with Crippen LogP contribution in [0.25, 0.3) is 0 Å². The average molecular weight is 1200 g/mol. The third-order valence-electron chi connectivity index (χ3n) is 14.5. The first-order chi connectivity index (χ1) is 40.2. The largest absolute Gasteiger partial charge is 0.462 e. The molecule has 0 aromatic rings. The second-order valence-electron chi connectivity index (χ2n) is 21.6. The number of aliphatic hydroxyl groups excluding tert-OH is 9. The molecule has 84 heavy (non-hydrogen) atoms. The summed E-state index contributed by atoms with van der Waals surface area (Å²) in [7, 11) is 1.60. The summed E-state index contributed by atoms with van der Waals surface area (Å²) in [5.74, 6) is -5.82. The van der Waals surface area contributed by atoms with E-state index in [-0.39, 0.29) is 58.0 Å². The van der Waals surface area contributed by atoms with Crippen LogP contribution >= 0.6 is 0 Å². The number of rotatable bonds is 21. The Morgan fingerprint density at radius 1 is 0.595 bits per heavy atom. The van der Waals surface area contributed by atoms with Crippen LogP contribution in [-0.4, -0.2) is 247 Å². The number of nitrogens with one attached hydrogen (secondary N) is 1. The number of nitrogens with two attached hydrogens (primary N) is 1. The number of aliphatic hydroxyl groups is 10. The van der Waals surface area contributed by atoms with Crippen LogP contribution in [0.15, 0.2) is 85.1 Å². The number of amides is 1. The van der Waals surface area contributed by atoms with Gasteiger partial charge in [0.25, 0.3) is 0 Å². The van der Waals surface area contributed by atoms with E-state index in [1.807, 2.05) is 37.3 Å². The molecule has 0 saturated carbocycles. The highest BCUT2D eigenvalue weighted by molar-refractivity contribution is 5.80. The van der Waals surface area contributed by atoms with E-state index in [9.17, 15) is 60.7 Å². The number of hydrogen-bond acceptors (Lipinski definition) is 23. The Bertz CT molecular complexity index is 2010. The summed E-state index contributed by atoms with van der Waals surface area (Å²) in [6.07, 6.45) is 4.09. The number of allylic oxidation sites excluding steroid dienone is 12. The molecule has 24 nitrogen and oxygen atoms in total. The van der Waals surface area contributed by atoms with Gasteiger partial charge in [-0.1, -0.05) is 98.9 Å². The van der Waals surface area contributed by atoms with Gasteiger partial charge >= 0.3 is 5.97 Å². The molecule has 24 heteroatoms.